The van der Waals surface area contributed by atoms with Gasteiger partial charge < -0.3 is 11.5 Å². The summed E-state index contributed by atoms with van der Waals surface area (Å²) in [6, 6.07) is 9.86. The molecule has 0 unspecified atom stereocenters. The molecule has 4 nitrogen and oxygen atoms in total. The van der Waals surface area contributed by atoms with Crippen molar-refractivity contribution in [1.29, 1.82) is 0 Å². The van der Waals surface area contributed by atoms with Gasteiger partial charge in [0.2, 0.25) is 0 Å². The van der Waals surface area contributed by atoms with Crippen LogP contribution in [0.1, 0.15) is 11.3 Å². The topological polar surface area (TPSA) is 69.9 Å². The molecule has 0 saturated heterocycles. The fourth-order valence-corrected chi connectivity index (χ4v) is 1.57. The van der Waals surface area contributed by atoms with E-state index in [4.69, 9.17) is 11.5 Å². The van der Waals surface area contributed by atoms with Crippen molar-refractivity contribution >= 4 is 5.82 Å². The predicted octanol–water partition coefficient (Wildman–Crippen LogP) is 1.22. The van der Waals surface area contributed by atoms with Crippen molar-refractivity contribution < 1.29 is 0 Å². The van der Waals surface area contributed by atoms with E-state index >= 15 is 0 Å². The Morgan fingerprint density at radius 3 is 2.80 bits per heavy atom. The second kappa shape index (κ2) is 3.74. The minimum atomic E-state index is 0.429. The molecule has 0 aliphatic heterocycles. The van der Waals surface area contributed by atoms with E-state index in [0.29, 0.717) is 12.4 Å². The van der Waals surface area contributed by atoms with Crippen LogP contribution in [-0.2, 0) is 6.54 Å². The number of benzene rings is 1. The van der Waals surface area contributed by atoms with Crippen LogP contribution in [0.15, 0.2) is 30.3 Å². The van der Waals surface area contributed by atoms with E-state index in [0.717, 1.165) is 11.4 Å². The van der Waals surface area contributed by atoms with Gasteiger partial charge in [0.05, 0.1) is 11.4 Å². The van der Waals surface area contributed by atoms with E-state index in [9.17, 15) is 0 Å². The van der Waals surface area contributed by atoms with E-state index in [1.807, 2.05) is 31.2 Å². The summed E-state index contributed by atoms with van der Waals surface area (Å²) in [5.41, 5.74) is 14.4. The minimum absolute atomic E-state index is 0.429. The average Bonchev–Trinajstić information content (AvgIpc) is 2.59. The largest absolute Gasteiger partial charge is 0.382 e. The smallest absolute Gasteiger partial charge is 0.146 e. The minimum Gasteiger partial charge on any atom is -0.382 e. The third-order valence-corrected chi connectivity index (χ3v) is 2.26. The SMILES string of the molecule is Cc1cccc(-n2nc(N)cc2CN)c1. The highest BCUT2D eigenvalue weighted by Gasteiger charge is 2.05. The van der Waals surface area contributed by atoms with Crippen LogP contribution in [0, 0.1) is 6.92 Å². The van der Waals surface area contributed by atoms with Gasteiger partial charge in [-0.1, -0.05) is 12.1 Å². The molecule has 0 fully saturated rings. The van der Waals surface area contributed by atoms with Crippen molar-refractivity contribution in [3.05, 3.63) is 41.6 Å². The van der Waals surface area contributed by atoms with Crippen LogP contribution in [0.4, 0.5) is 5.82 Å². The molecule has 0 saturated carbocycles. The van der Waals surface area contributed by atoms with E-state index in [1.165, 1.54) is 5.56 Å². The van der Waals surface area contributed by atoms with Crippen molar-refractivity contribution in [3.8, 4) is 5.69 Å². The fraction of sp³-hybridized carbons (Fsp3) is 0.182. The van der Waals surface area contributed by atoms with Crippen LogP contribution in [-0.4, -0.2) is 9.78 Å². The molecular formula is C11H14N4. The average molecular weight is 202 g/mol. The molecule has 15 heavy (non-hydrogen) atoms. The van der Waals surface area contributed by atoms with E-state index in [1.54, 1.807) is 10.7 Å². The standard InChI is InChI=1S/C11H14N4/c1-8-3-2-4-9(5-8)15-10(7-12)6-11(13)14-15/h2-6H,7,12H2,1H3,(H2,13,14). The molecule has 2 aromatic rings. The number of nitrogens with zero attached hydrogens (tertiary/aromatic N) is 2. The highest BCUT2D eigenvalue weighted by Crippen LogP contribution is 2.14. The number of hydrogen-bond donors (Lipinski definition) is 2. The zero-order chi connectivity index (χ0) is 10.8. The zero-order valence-corrected chi connectivity index (χ0v) is 8.64. The van der Waals surface area contributed by atoms with Gasteiger partial charge in [0, 0.05) is 12.6 Å². The Hall–Kier alpha value is -1.81. The maximum atomic E-state index is 5.64. The summed E-state index contributed by atoms with van der Waals surface area (Å²) >= 11 is 0. The van der Waals surface area contributed by atoms with Gasteiger partial charge in [-0.3, -0.25) is 0 Å². The summed E-state index contributed by atoms with van der Waals surface area (Å²) in [7, 11) is 0. The molecule has 1 aromatic heterocycles. The number of hydrogen-bond acceptors (Lipinski definition) is 3. The van der Waals surface area contributed by atoms with Gasteiger partial charge in [-0.25, -0.2) is 4.68 Å². The summed E-state index contributed by atoms with van der Waals surface area (Å²) in [4.78, 5) is 0. The van der Waals surface area contributed by atoms with Crippen LogP contribution in [0.5, 0.6) is 0 Å². The van der Waals surface area contributed by atoms with Crippen molar-refractivity contribution in [2.24, 2.45) is 5.73 Å². The molecule has 78 valence electrons. The van der Waals surface area contributed by atoms with Crippen LogP contribution in [0.3, 0.4) is 0 Å². The Morgan fingerprint density at radius 2 is 2.13 bits per heavy atom. The Balaban J connectivity index is 2.53. The van der Waals surface area contributed by atoms with Crippen molar-refractivity contribution in [3.63, 3.8) is 0 Å². The third kappa shape index (κ3) is 1.85. The molecule has 1 heterocycles. The van der Waals surface area contributed by atoms with Crippen LogP contribution in [0.25, 0.3) is 5.69 Å². The number of aromatic nitrogens is 2. The molecule has 4 N–H and O–H groups in total. The number of rotatable bonds is 2. The lowest BCUT2D eigenvalue weighted by atomic mass is 10.2. The highest BCUT2D eigenvalue weighted by molar-refractivity contribution is 5.40. The lowest BCUT2D eigenvalue weighted by Crippen LogP contribution is -2.06. The summed E-state index contributed by atoms with van der Waals surface area (Å²) in [6.07, 6.45) is 0. The van der Waals surface area contributed by atoms with Crippen molar-refractivity contribution in [1.82, 2.24) is 9.78 Å². The summed E-state index contributed by atoms with van der Waals surface area (Å²) in [6.45, 7) is 2.47. The van der Waals surface area contributed by atoms with Crippen LogP contribution >= 0.6 is 0 Å². The third-order valence-electron chi connectivity index (χ3n) is 2.26. The molecule has 0 radical (unpaired) electrons. The predicted molar refractivity (Wildman–Crippen MR) is 60.6 cm³/mol. The van der Waals surface area contributed by atoms with E-state index in [2.05, 4.69) is 5.10 Å². The molecule has 0 aliphatic carbocycles. The maximum Gasteiger partial charge on any atom is 0.146 e. The molecule has 0 atom stereocenters. The van der Waals surface area contributed by atoms with E-state index in [-0.39, 0.29) is 0 Å². The number of nitrogen functional groups attached to an aromatic ring is 1. The van der Waals surface area contributed by atoms with E-state index < -0.39 is 0 Å². The van der Waals surface area contributed by atoms with Gasteiger partial charge in [0.25, 0.3) is 0 Å². The first kappa shape index (κ1) is 9.73. The number of anilines is 1. The van der Waals surface area contributed by atoms with Crippen molar-refractivity contribution in [2.45, 2.75) is 13.5 Å². The van der Waals surface area contributed by atoms with Gasteiger partial charge in [-0.2, -0.15) is 5.10 Å². The molecule has 4 heteroatoms. The molecule has 1 aromatic carbocycles. The Bertz CT molecular complexity index is 473. The van der Waals surface area contributed by atoms with Crippen molar-refractivity contribution in [2.75, 3.05) is 5.73 Å². The first-order valence-corrected chi connectivity index (χ1v) is 4.82. The molecule has 0 amide bonds. The van der Waals surface area contributed by atoms with Crippen LogP contribution in [0.2, 0.25) is 0 Å². The monoisotopic (exact) mass is 202 g/mol. The van der Waals surface area contributed by atoms with Gasteiger partial charge in [-0.05, 0) is 24.6 Å². The molecule has 0 spiro atoms. The Labute approximate surface area is 88.5 Å². The maximum absolute atomic E-state index is 5.64. The lowest BCUT2D eigenvalue weighted by molar-refractivity contribution is 0.806. The summed E-state index contributed by atoms with van der Waals surface area (Å²) < 4.78 is 1.78. The van der Waals surface area contributed by atoms with Gasteiger partial charge in [0.1, 0.15) is 5.82 Å². The quantitative estimate of drug-likeness (QED) is 0.769. The molecule has 2 rings (SSSR count). The first-order valence-electron chi connectivity index (χ1n) is 4.82. The number of nitrogens with two attached hydrogens (primary N) is 2. The first-order chi connectivity index (χ1) is 7.20. The number of aryl methyl sites for hydroxylation is 1. The second-order valence-corrected chi connectivity index (χ2v) is 3.52. The zero-order valence-electron chi connectivity index (χ0n) is 8.64. The lowest BCUT2D eigenvalue weighted by Gasteiger charge is -2.05. The van der Waals surface area contributed by atoms with Gasteiger partial charge in [-0.15, -0.1) is 0 Å². The molecular weight excluding hydrogens is 188 g/mol. The van der Waals surface area contributed by atoms with Crippen LogP contribution < -0.4 is 11.5 Å². The fourth-order valence-electron chi connectivity index (χ4n) is 1.57. The summed E-state index contributed by atoms with van der Waals surface area (Å²) in [5.74, 6) is 0.497. The highest BCUT2D eigenvalue weighted by atomic mass is 15.3. The van der Waals surface area contributed by atoms with Gasteiger partial charge >= 0.3 is 0 Å². The normalized spacial score (nSPS) is 10.5. The molecule has 0 bridgehead atoms. The Morgan fingerprint density at radius 1 is 1.33 bits per heavy atom. The van der Waals surface area contributed by atoms with Gasteiger partial charge in [0.15, 0.2) is 0 Å². The second-order valence-electron chi connectivity index (χ2n) is 3.52. The molecule has 0 aliphatic rings. The Kier molecular flexibility index (Phi) is 2.43. The summed E-state index contributed by atoms with van der Waals surface area (Å²) in [5, 5.41) is 4.21.